The molecular weight excluding hydrogens is 262 g/mol. The lowest BCUT2D eigenvalue weighted by molar-refractivity contribution is 0.343. The van der Waals surface area contributed by atoms with Crippen molar-refractivity contribution < 1.29 is 8.42 Å². The Hall–Kier alpha value is -0.620. The molecule has 1 aliphatic carbocycles. The lowest BCUT2D eigenvalue weighted by Crippen LogP contribution is -2.45. The third kappa shape index (κ3) is 5.48. The van der Waals surface area contributed by atoms with Crippen LogP contribution < -0.4 is 5.73 Å². The molecular formula is C13H27N3O2S. The van der Waals surface area contributed by atoms with Crippen LogP contribution in [0.25, 0.3) is 0 Å². The smallest absolute Gasteiger partial charge is 0.214 e. The van der Waals surface area contributed by atoms with E-state index in [0.717, 1.165) is 25.7 Å². The van der Waals surface area contributed by atoms with E-state index in [1.165, 1.54) is 4.31 Å². The van der Waals surface area contributed by atoms with E-state index in [1.54, 1.807) is 0 Å². The van der Waals surface area contributed by atoms with Crippen molar-refractivity contribution in [1.82, 2.24) is 4.31 Å². The molecule has 1 rings (SSSR count). The second kappa shape index (κ2) is 6.22. The Morgan fingerprint density at radius 1 is 1.32 bits per heavy atom. The van der Waals surface area contributed by atoms with Crippen molar-refractivity contribution in [2.75, 3.05) is 12.3 Å². The Bertz CT molecular complexity index is 406. The van der Waals surface area contributed by atoms with Gasteiger partial charge in [-0.15, -0.1) is 0 Å². The van der Waals surface area contributed by atoms with Crippen molar-refractivity contribution in [2.24, 2.45) is 11.1 Å². The highest BCUT2D eigenvalue weighted by molar-refractivity contribution is 7.89. The van der Waals surface area contributed by atoms with Crippen molar-refractivity contribution in [2.45, 2.75) is 58.9 Å². The van der Waals surface area contributed by atoms with Gasteiger partial charge >= 0.3 is 0 Å². The van der Waals surface area contributed by atoms with E-state index in [1.807, 2.05) is 20.8 Å². The Morgan fingerprint density at radius 2 is 1.84 bits per heavy atom. The molecule has 1 saturated carbocycles. The van der Waals surface area contributed by atoms with Gasteiger partial charge in [-0.25, -0.2) is 8.42 Å². The molecule has 1 aliphatic rings. The number of nitrogens with zero attached hydrogens (tertiary/aromatic N) is 1. The van der Waals surface area contributed by atoms with Crippen molar-refractivity contribution >= 4 is 15.9 Å². The largest absolute Gasteiger partial charge is 0.387 e. The Morgan fingerprint density at radius 3 is 2.26 bits per heavy atom. The molecule has 6 heteroatoms. The number of sulfonamides is 1. The second-order valence-corrected chi connectivity index (χ2v) is 8.68. The number of rotatable bonds is 6. The van der Waals surface area contributed by atoms with Crippen molar-refractivity contribution in [3.8, 4) is 0 Å². The van der Waals surface area contributed by atoms with Crippen LogP contribution in [0, 0.1) is 10.8 Å². The average molecular weight is 289 g/mol. The zero-order valence-corrected chi connectivity index (χ0v) is 13.1. The summed E-state index contributed by atoms with van der Waals surface area (Å²) in [4.78, 5) is 0. The first-order valence-electron chi connectivity index (χ1n) is 6.94. The number of hydrogen-bond acceptors (Lipinski definition) is 3. The molecule has 0 atom stereocenters. The molecule has 0 bridgehead atoms. The highest BCUT2D eigenvalue weighted by Gasteiger charge is 2.32. The predicted octanol–water partition coefficient (Wildman–Crippen LogP) is 1.93. The summed E-state index contributed by atoms with van der Waals surface area (Å²) < 4.78 is 26.4. The monoisotopic (exact) mass is 289 g/mol. The van der Waals surface area contributed by atoms with Gasteiger partial charge in [0.25, 0.3) is 0 Å². The maximum absolute atomic E-state index is 12.5. The van der Waals surface area contributed by atoms with Gasteiger partial charge in [0.2, 0.25) is 10.0 Å². The van der Waals surface area contributed by atoms with E-state index < -0.39 is 10.0 Å². The summed E-state index contributed by atoms with van der Waals surface area (Å²) >= 11 is 0. The number of nitrogens with one attached hydrogen (secondary N) is 1. The van der Waals surface area contributed by atoms with E-state index in [4.69, 9.17) is 11.1 Å². The van der Waals surface area contributed by atoms with Gasteiger partial charge in [-0.05, 0) is 24.7 Å². The van der Waals surface area contributed by atoms with Crippen molar-refractivity contribution in [3.05, 3.63) is 0 Å². The Kier molecular flexibility index (Phi) is 5.38. The minimum absolute atomic E-state index is 0.00929. The van der Waals surface area contributed by atoms with Gasteiger partial charge in [-0.2, -0.15) is 4.31 Å². The van der Waals surface area contributed by atoms with Crippen LogP contribution >= 0.6 is 0 Å². The summed E-state index contributed by atoms with van der Waals surface area (Å²) in [7, 11) is -3.32. The molecule has 1 fully saturated rings. The van der Waals surface area contributed by atoms with E-state index in [0.29, 0.717) is 6.42 Å². The van der Waals surface area contributed by atoms with Gasteiger partial charge in [0.15, 0.2) is 0 Å². The second-order valence-electron chi connectivity index (χ2n) is 6.64. The minimum Gasteiger partial charge on any atom is -0.387 e. The zero-order chi connectivity index (χ0) is 14.7. The lowest BCUT2D eigenvalue weighted by Gasteiger charge is -2.29. The van der Waals surface area contributed by atoms with Crippen molar-refractivity contribution in [3.63, 3.8) is 0 Å². The molecule has 19 heavy (non-hydrogen) atoms. The molecule has 0 amide bonds. The summed E-state index contributed by atoms with van der Waals surface area (Å²) in [5, 5.41) is 7.40. The average Bonchev–Trinajstić information content (AvgIpc) is 2.75. The van der Waals surface area contributed by atoms with Crippen LogP contribution in [0.2, 0.25) is 0 Å². The maximum atomic E-state index is 12.5. The van der Waals surface area contributed by atoms with E-state index in [-0.39, 0.29) is 29.6 Å². The fraction of sp³-hybridized carbons (Fsp3) is 0.923. The van der Waals surface area contributed by atoms with Gasteiger partial charge in [0.1, 0.15) is 5.84 Å². The van der Waals surface area contributed by atoms with Gasteiger partial charge in [0, 0.05) is 6.04 Å². The molecule has 0 saturated heterocycles. The normalized spacial score (nSPS) is 18.1. The maximum Gasteiger partial charge on any atom is 0.214 e. The van der Waals surface area contributed by atoms with Crippen LogP contribution in [-0.2, 0) is 10.0 Å². The SMILES string of the molecule is CC(C)(C)CCS(=O)(=O)N(CC(=N)N)C1CCCC1. The summed E-state index contributed by atoms with van der Waals surface area (Å²) in [5.41, 5.74) is 5.41. The van der Waals surface area contributed by atoms with Crippen LogP contribution in [0.4, 0.5) is 0 Å². The molecule has 0 heterocycles. The summed E-state index contributed by atoms with van der Waals surface area (Å²) in [6, 6.07) is 0.0360. The molecule has 5 nitrogen and oxygen atoms in total. The topological polar surface area (TPSA) is 87.2 Å². The highest BCUT2D eigenvalue weighted by atomic mass is 32.2. The number of amidine groups is 1. The van der Waals surface area contributed by atoms with Crippen LogP contribution in [0.15, 0.2) is 0 Å². The highest BCUT2D eigenvalue weighted by Crippen LogP contribution is 2.27. The Balaban J connectivity index is 2.79. The summed E-state index contributed by atoms with van der Waals surface area (Å²) in [6.07, 6.45) is 4.53. The van der Waals surface area contributed by atoms with Gasteiger partial charge in [0.05, 0.1) is 12.3 Å². The first-order valence-corrected chi connectivity index (χ1v) is 8.55. The fourth-order valence-corrected chi connectivity index (χ4v) is 4.47. The molecule has 0 aliphatic heterocycles. The first kappa shape index (κ1) is 16.4. The molecule has 0 unspecified atom stereocenters. The standard InChI is InChI=1S/C13H27N3O2S/c1-13(2,3)8-9-19(17,18)16(10-12(14)15)11-6-4-5-7-11/h11H,4-10H2,1-3H3,(H3,14,15). The molecule has 3 N–H and O–H groups in total. The number of hydrogen-bond donors (Lipinski definition) is 2. The third-order valence-electron chi connectivity index (χ3n) is 3.53. The fourth-order valence-electron chi connectivity index (χ4n) is 2.37. The third-order valence-corrected chi connectivity index (χ3v) is 5.39. The van der Waals surface area contributed by atoms with Crippen LogP contribution in [0.1, 0.15) is 52.9 Å². The van der Waals surface area contributed by atoms with E-state index in [2.05, 4.69) is 0 Å². The van der Waals surface area contributed by atoms with Gasteiger partial charge in [-0.1, -0.05) is 33.6 Å². The molecule has 0 aromatic rings. The lowest BCUT2D eigenvalue weighted by atomic mass is 9.94. The van der Waals surface area contributed by atoms with Crippen LogP contribution in [0.3, 0.4) is 0 Å². The molecule has 112 valence electrons. The molecule has 0 spiro atoms. The van der Waals surface area contributed by atoms with Gasteiger partial charge in [-0.3, -0.25) is 5.41 Å². The van der Waals surface area contributed by atoms with Crippen molar-refractivity contribution in [1.29, 1.82) is 5.41 Å². The van der Waals surface area contributed by atoms with Crippen LogP contribution in [-0.4, -0.2) is 36.9 Å². The number of nitrogens with two attached hydrogens (primary N) is 1. The predicted molar refractivity (Wildman–Crippen MR) is 78.7 cm³/mol. The molecule has 0 aromatic carbocycles. The minimum atomic E-state index is -3.32. The van der Waals surface area contributed by atoms with Gasteiger partial charge < -0.3 is 5.73 Å². The molecule has 0 radical (unpaired) electrons. The summed E-state index contributed by atoms with van der Waals surface area (Å²) in [5.74, 6) is 0.0616. The summed E-state index contributed by atoms with van der Waals surface area (Å²) in [6.45, 7) is 6.14. The quantitative estimate of drug-likeness (QED) is 0.578. The van der Waals surface area contributed by atoms with E-state index in [9.17, 15) is 8.42 Å². The Labute approximate surface area is 117 Å². The van der Waals surface area contributed by atoms with E-state index >= 15 is 0 Å². The molecule has 0 aromatic heterocycles. The van der Waals surface area contributed by atoms with Crippen LogP contribution in [0.5, 0.6) is 0 Å². The zero-order valence-electron chi connectivity index (χ0n) is 12.3. The first-order chi connectivity index (χ1) is 8.62.